The van der Waals surface area contributed by atoms with Gasteiger partial charge in [-0.05, 0) is 41.8 Å². The highest BCUT2D eigenvalue weighted by Gasteiger charge is 2.28. The number of aryl methyl sites for hydroxylation is 1. The first-order valence-electron chi connectivity index (χ1n) is 8.67. The highest BCUT2D eigenvalue weighted by molar-refractivity contribution is 7.13. The number of nitrogens with zero attached hydrogens (tertiary/aromatic N) is 2. The Hall–Kier alpha value is -3.12. The van der Waals surface area contributed by atoms with Gasteiger partial charge in [0.1, 0.15) is 0 Å². The quantitative estimate of drug-likeness (QED) is 0.689. The van der Waals surface area contributed by atoms with E-state index in [0.717, 1.165) is 23.2 Å². The van der Waals surface area contributed by atoms with E-state index in [9.17, 15) is 4.79 Å². The van der Waals surface area contributed by atoms with Crippen LogP contribution in [0.2, 0.25) is 0 Å². The summed E-state index contributed by atoms with van der Waals surface area (Å²) in [5, 5.41) is 2.41. The van der Waals surface area contributed by atoms with E-state index in [1.54, 1.807) is 18.0 Å². The molecule has 0 aliphatic carbocycles. The summed E-state index contributed by atoms with van der Waals surface area (Å²) in [6, 6.07) is 13.8. The minimum absolute atomic E-state index is 0.183. The molecule has 0 saturated heterocycles. The fourth-order valence-corrected chi connectivity index (χ4v) is 3.55. The Labute approximate surface area is 161 Å². The average molecular weight is 377 g/mol. The van der Waals surface area contributed by atoms with E-state index in [2.05, 4.69) is 24.0 Å². The van der Waals surface area contributed by atoms with Crippen molar-refractivity contribution in [2.24, 2.45) is 0 Å². The van der Waals surface area contributed by atoms with Crippen LogP contribution in [0.5, 0.6) is 5.75 Å². The molecule has 2 heterocycles. The Bertz CT molecular complexity index is 1040. The van der Waals surface area contributed by atoms with Crippen LogP contribution < -0.4 is 15.4 Å². The topological polar surface area (TPSA) is 68.5 Å². The van der Waals surface area contributed by atoms with Crippen molar-refractivity contribution in [1.29, 1.82) is 0 Å². The summed E-state index contributed by atoms with van der Waals surface area (Å²) in [6.45, 7) is 2.11. The molecule has 0 unspecified atom stereocenters. The Morgan fingerprint density at radius 3 is 2.67 bits per heavy atom. The van der Waals surface area contributed by atoms with Crippen molar-refractivity contribution in [2.75, 3.05) is 17.7 Å². The molecule has 3 aromatic rings. The lowest BCUT2D eigenvalue weighted by molar-refractivity contribution is -0.117. The van der Waals surface area contributed by atoms with Crippen molar-refractivity contribution in [2.45, 2.75) is 13.3 Å². The number of likely N-dealkylation sites (N-methyl/N-ethyl adjacent to an activating group) is 1. The third-order valence-corrected chi connectivity index (χ3v) is 5.23. The van der Waals surface area contributed by atoms with Gasteiger partial charge in [-0.2, -0.15) is 0 Å². The predicted molar refractivity (Wildman–Crippen MR) is 110 cm³/mol. The van der Waals surface area contributed by atoms with Crippen molar-refractivity contribution in [3.8, 4) is 17.0 Å². The monoisotopic (exact) mass is 377 g/mol. The SMILES string of the molecule is CCc1ccc(/C=C2/Oc3ccc(-c4csc(N)n4)cc3N(C)C2=O)cc1. The summed E-state index contributed by atoms with van der Waals surface area (Å²) in [5.74, 6) is 0.761. The number of anilines is 2. The van der Waals surface area contributed by atoms with Crippen LogP contribution in [0.4, 0.5) is 10.8 Å². The van der Waals surface area contributed by atoms with Crippen molar-refractivity contribution >= 4 is 34.1 Å². The molecule has 1 aliphatic heterocycles. The molecule has 0 saturated carbocycles. The standard InChI is InChI=1S/C21H19N3O2S/c1-3-13-4-6-14(7-5-13)10-19-20(25)24(2)17-11-15(8-9-18(17)26-19)16-12-27-21(22)23-16/h4-12H,3H2,1-2H3,(H2,22,23)/b19-10+. The number of hydrogen-bond acceptors (Lipinski definition) is 5. The molecule has 27 heavy (non-hydrogen) atoms. The van der Waals surface area contributed by atoms with Crippen LogP contribution in [-0.4, -0.2) is 17.9 Å². The van der Waals surface area contributed by atoms with E-state index in [1.807, 2.05) is 35.7 Å². The summed E-state index contributed by atoms with van der Waals surface area (Å²) in [7, 11) is 1.75. The number of thiazole rings is 1. The van der Waals surface area contributed by atoms with E-state index in [4.69, 9.17) is 10.5 Å². The van der Waals surface area contributed by atoms with Gasteiger partial charge in [0.15, 0.2) is 16.6 Å². The predicted octanol–water partition coefficient (Wildman–Crippen LogP) is 4.35. The van der Waals surface area contributed by atoms with Gasteiger partial charge in [-0.3, -0.25) is 4.79 Å². The van der Waals surface area contributed by atoms with Crippen LogP contribution in [0, 0.1) is 0 Å². The van der Waals surface area contributed by atoms with Gasteiger partial charge in [0, 0.05) is 18.0 Å². The average Bonchev–Trinajstić information content (AvgIpc) is 3.12. The molecule has 0 atom stereocenters. The lowest BCUT2D eigenvalue weighted by atomic mass is 10.1. The van der Waals surface area contributed by atoms with Gasteiger partial charge in [0.05, 0.1) is 11.4 Å². The number of carbonyl (C=O) groups excluding carboxylic acids is 1. The minimum atomic E-state index is -0.183. The lowest BCUT2D eigenvalue weighted by Crippen LogP contribution is -2.33. The summed E-state index contributed by atoms with van der Waals surface area (Å²) in [6.07, 6.45) is 2.76. The Morgan fingerprint density at radius 2 is 2.00 bits per heavy atom. The molecule has 0 fully saturated rings. The van der Waals surface area contributed by atoms with Crippen molar-refractivity contribution in [3.63, 3.8) is 0 Å². The molecule has 0 bridgehead atoms. The van der Waals surface area contributed by atoms with Crippen LogP contribution in [0.1, 0.15) is 18.1 Å². The number of carbonyl (C=O) groups is 1. The van der Waals surface area contributed by atoms with E-state index in [1.165, 1.54) is 16.9 Å². The smallest absolute Gasteiger partial charge is 0.293 e. The number of nitrogen functional groups attached to an aromatic ring is 1. The Balaban J connectivity index is 1.67. The lowest BCUT2D eigenvalue weighted by Gasteiger charge is -2.27. The van der Waals surface area contributed by atoms with Crippen LogP contribution >= 0.6 is 11.3 Å². The number of benzene rings is 2. The third kappa shape index (κ3) is 3.31. The van der Waals surface area contributed by atoms with E-state index < -0.39 is 0 Å². The first-order valence-corrected chi connectivity index (χ1v) is 9.55. The third-order valence-electron chi connectivity index (χ3n) is 4.56. The second-order valence-electron chi connectivity index (χ2n) is 6.32. The van der Waals surface area contributed by atoms with Crippen LogP contribution in [-0.2, 0) is 11.2 Å². The maximum absolute atomic E-state index is 12.8. The largest absolute Gasteiger partial charge is 0.449 e. The van der Waals surface area contributed by atoms with Gasteiger partial charge in [-0.1, -0.05) is 31.2 Å². The van der Waals surface area contributed by atoms with Gasteiger partial charge >= 0.3 is 0 Å². The zero-order chi connectivity index (χ0) is 19.0. The van der Waals surface area contributed by atoms with Gasteiger partial charge in [-0.15, -0.1) is 11.3 Å². The number of fused-ring (bicyclic) bond motifs is 1. The van der Waals surface area contributed by atoms with Crippen LogP contribution in [0.15, 0.2) is 53.6 Å². The molecular formula is C21H19N3O2S. The fraction of sp³-hybridized carbons (Fsp3) is 0.143. The molecule has 1 amide bonds. The van der Waals surface area contributed by atoms with Crippen molar-refractivity contribution < 1.29 is 9.53 Å². The number of aromatic nitrogens is 1. The zero-order valence-electron chi connectivity index (χ0n) is 15.1. The van der Waals surface area contributed by atoms with Gasteiger partial charge in [-0.25, -0.2) is 4.98 Å². The number of nitrogens with two attached hydrogens (primary N) is 1. The summed E-state index contributed by atoms with van der Waals surface area (Å²) < 4.78 is 5.90. The Kier molecular flexibility index (Phi) is 4.41. The fourth-order valence-electron chi connectivity index (χ4n) is 2.97. The molecule has 1 aromatic heterocycles. The molecule has 136 valence electrons. The summed E-state index contributed by atoms with van der Waals surface area (Å²) >= 11 is 1.39. The van der Waals surface area contributed by atoms with Crippen molar-refractivity contribution in [3.05, 3.63) is 64.7 Å². The first kappa shape index (κ1) is 17.3. The minimum Gasteiger partial charge on any atom is -0.449 e. The zero-order valence-corrected chi connectivity index (χ0v) is 15.9. The first-order chi connectivity index (χ1) is 13.0. The summed E-state index contributed by atoms with van der Waals surface area (Å²) in [5.41, 5.74) is 10.3. The van der Waals surface area contributed by atoms with E-state index in [-0.39, 0.29) is 5.91 Å². The maximum Gasteiger partial charge on any atom is 0.293 e. The van der Waals surface area contributed by atoms with Crippen LogP contribution in [0.3, 0.4) is 0 Å². The number of amides is 1. The van der Waals surface area contributed by atoms with Gasteiger partial charge < -0.3 is 15.4 Å². The molecule has 2 N–H and O–H groups in total. The Morgan fingerprint density at radius 1 is 1.22 bits per heavy atom. The normalized spacial score (nSPS) is 15.0. The van der Waals surface area contributed by atoms with Gasteiger partial charge in [0.25, 0.3) is 5.91 Å². The molecule has 5 nitrogen and oxygen atoms in total. The summed E-state index contributed by atoms with van der Waals surface area (Å²) in [4.78, 5) is 18.7. The number of hydrogen-bond donors (Lipinski definition) is 1. The molecule has 4 rings (SSSR count). The number of rotatable bonds is 3. The van der Waals surface area contributed by atoms with Crippen LogP contribution in [0.25, 0.3) is 17.3 Å². The molecule has 1 aliphatic rings. The van der Waals surface area contributed by atoms with E-state index in [0.29, 0.717) is 22.3 Å². The number of ether oxygens (including phenoxy) is 1. The second kappa shape index (κ2) is 6.89. The van der Waals surface area contributed by atoms with E-state index >= 15 is 0 Å². The molecule has 2 aromatic carbocycles. The molecule has 0 radical (unpaired) electrons. The molecular weight excluding hydrogens is 358 g/mol. The highest BCUT2D eigenvalue weighted by atomic mass is 32.1. The molecule has 0 spiro atoms. The second-order valence-corrected chi connectivity index (χ2v) is 7.21. The van der Waals surface area contributed by atoms with Gasteiger partial charge in [0.2, 0.25) is 0 Å². The van der Waals surface area contributed by atoms with Crippen molar-refractivity contribution in [1.82, 2.24) is 4.98 Å². The maximum atomic E-state index is 12.8. The highest BCUT2D eigenvalue weighted by Crippen LogP contribution is 2.38. The molecule has 6 heteroatoms.